The summed E-state index contributed by atoms with van der Waals surface area (Å²) in [5.41, 5.74) is 1.34. The monoisotopic (exact) mass is 495 g/mol. The molecular formula is C26H26FN3O4S. The number of hydrogen-bond acceptors (Lipinski definition) is 5. The van der Waals surface area contributed by atoms with Crippen LogP contribution in [0.15, 0.2) is 71.3 Å². The van der Waals surface area contributed by atoms with Crippen LogP contribution in [0.4, 0.5) is 10.1 Å². The molecule has 0 unspecified atom stereocenters. The zero-order valence-electron chi connectivity index (χ0n) is 19.3. The first-order chi connectivity index (χ1) is 16.9. The second-order valence-electron chi connectivity index (χ2n) is 8.18. The van der Waals surface area contributed by atoms with Crippen molar-refractivity contribution in [2.45, 2.75) is 38.9 Å². The molecule has 35 heavy (non-hydrogen) atoms. The number of benzene rings is 2. The normalized spacial score (nSPS) is 15.5. The number of anilines is 1. The lowest BCUT2D eigenvalue weighted by Crippen LogP contribution is -2.37. The molecule has 1 aliphatic heterocycles. The minimum absolute atomic E-state index is 0.0896. The fourth-order valence-electron chi connectivity index (χ4n) is 3.80. The van der Waals surface area contributed by atoms with E-state index in [1.165, 1.54) is 17.0 Å². The summed E-state index contributed by atoms with van der Waals surface area (Å²) in [4.78, 5) is 29.4. The SMILES string of the molecule is CCCOc1ccc(NC(=O)C[C@H]2C(=O)N(Cc3ccc(F)cc3)C(=S)N2Cc2ccco2)cc1. The first kappa shape index (κ1) is 24.4. The number of halogens is 1. The Hall–Kier alpha value is -3.72. The number of furan rings is 1. The second kappa shape index (κ2) is 11.1. The molecule has 4 rings (SSSR count). The molecule has 1 aliphatic rings. The van der Waals surface area contributed by atoms with E-state index >= 15 is 0 Å². The van der Waals surface area contributed by atoms with Crippen molar-refractivity contribution in [2.24, 2.45) is 0 Å². The molecular weight excluding hydrogens is 469 g/mol. The number of amides is 2. The van der Waals surface area contributed by atoms with Crippen LogP contribution in [0.2, 0.25) is 0 Å². The Bertz CT molecular complexity index is 1170. The number of carbonyl (C=O) groups excluding carboxylic acids is 2. The molecule has 2 heterocycles. The molecule has 0 aliphatic carbocycles. The molecule has 1 saturated heterocycles. The van der Waals surface area contributed by atoms with Crippen LogP contribution < -0.4 is 10.1 Å². The van der Waals surface area contributed by atoms with Crippen molar-refractivity contribution < 1.29 is 23.1 Å². The maximum absolute atomic E-state index is 13.4. The van der Waals surface area contributed by atoms with Gasteiger partial charge in [-0.15, -0.1) is 0 Å². The van der Waals surface area contributed by atoms with E-state index in [0.29, 0.717) is 23.2 Å². The van der Waals surface area contributed by atoms with Gasteiger partial charge in [-0.2, -0.15) is 0 Å². The van der Waals surface area contributed by atoms with Crippen LogP contribution in [0.5, 0.6) is 5.75 Å². The second-order valence-corrected chi connectivity index (χ2v) is 8.55. The molecule has 2 aromatic carbocycles. The summed E-state index contributed by atoms with van der Waals surface area (Å²) >= 11 is 5.62. The van der Waals surface area contributed by atoms with Crippen molar-refractivity contribution in [3.8, 4) is 5.75 Å². The number of carbonyl (C=O) groups is 2. The molecule has 0 saturated carbocycles. The van der Waals surface area contributed by atoms with Crippen LogP contribution in [0.25, 0.3) is 0 Å². The zero-order valence-corrected chi connectivity index (χ0v) is 20.1. The van der Waals surface area contributed by atoms with Crippen molar-refractivity contribution in [2.75, 3.05) is 11.9 Å². The molecule has 0 radical (unpaired) electrons. The Labute approximate surface area is 208 Å². The lowest BCUT2D eigenvalue weighted by Gasteiger charge is -2.22. The summed E-state index contributed by atoms with van der Waals surface area (Å²) in [5, 5.41) is 3.13. The Balaban J connectivity index is 1.47. The molecule has 9 heteroatoms. The quantitative estimate of drug-likeness (QED) is 0.410. The Morgan fingerprint density at radius 3 is 2.51 bits per heavy atom. The third-order valence-corrected chi connectivity index (χ3v) is 6.01. The average molecular weight is 496 g/mol. The van der Waals surface area contributed by atoms with Gasteiger partial charge >= 0.3 is 0 Å². The Morgan fingerprint density at radius 2 is 1.86 bits per heavy atom. The highest BCUT2D eigenvalue weighted by molar-refractivity contribution is 7.80. The van der Waals surface area contributed by atoms with Gasteiger partial charge in [0.15, 0.2) is 5.11 Å². The molecule has 0 bridgehead atoms. The van der Waals surface area contributed by atoms with Crippen LogP contribution in [-0.2, 0) is 22.7 Å². The summed E-state index contributed by atoms with van der Waals surface area (Å²) in [5.74, 6) is 0.382. The minimum atomic E-state index is -0.791. The van der Waals surface area contributed by atoms with Crippen molar-refractivity contribution in [1.29, 1.82) is 0 Å². The maximum Gasteiger partial charge on any atom is 0.252 e. The highest BCUT2D eigenvalue weighted by Gasteiger charge is 2.43. The van der Waals surface area contributed by atoms with Crippen molar-refractivity contribution in [3.05, 3.63) is 84.1 Å². The standard InChI is InChI=1S/C26H26FN3O4S/c1-2-13-33-21-11-9-20(10-12-21)28-24(31)15-23-25(32)30(16-18-5-7-19(27)8-6-18)26(35)29(23)17-22-4-3-14-34-22/h3-12,14,23H,2,13,15-17H2,1H3,(H,28,31)/t23-/m0/s1. The van der Waals surface area contributed by atoms with Crippen LogP contribution in [0, 0.1) is 5.82 Å². The number of rotatable bonds is 10. The van der Waals surface area contributed by atoms with Gasteiger partial charge in [-0.3, -0.25) is 14.5 Å². The predicted molar refractivity (Wildman–Crippen MR) is 133 cm³/mol. The summed E-state index contributed by atoms with van der Waals surface area (Å²) in [7, 11) is 0. The minimum Gasteiger partial charge on any atom is -0.494 e. The molecule has 1 aromatic heterocycles. The number of hydrogen-bond donors (Lipinski definition) is 1. The lowest BCUT2D eigenvalue weighted by atomic mass is 10.1. The van der Waals surface area contributed by atoms with Crippen LogP contribution in [0.1, 0.15) is 31.1 Å². The smallest absolute Gasteiger partial charge is 0.252 e. The first-order valence-corrected chi connectivity index (χ1v) is 11.8. The van der Waals surface area contributed by atoms with E-state index in [1.807, 2.05) is 6.92 Å². The third-order valence-electron chi connectivity index (χ3n) is 5.55. The zero-order chi connectivity index (χ0) is 24.8. The fraction of sp³-hybridized carbons (Fsp3) is 0.269. The molecule has 182 valence electrons. The lowest BCUT2D eigenvalue weighted by molar-refractivity contribution is -0.131. The molecule has 7 nitrogen and oxygen atoms in total. The number of thiocarbonyl (C=S) groups is 1. The molecule has 1 atom stereocenters. The Morgan fingerprint density at radius 1 is 1.11 bits per heavy atom. The summed E-state index contributed by atoms with van der Waals surface area (Å²) in [6.45, 7) is 3.08. The molecule has 3 aromatic rings. The van der Waals surface area contributed by atoms with Gasteiger partial charge in [0, 0.05) is 5.69 Å². The highest BCUT2D eigenvalue weighted by atomic mass is 32.1. The van der Waals surface area contributed by atoms with Gasteiger partial charge in [-0.05, 0) is 72.7 Å². The molecule has 0 spiro atoms. The van der Waals surface area contributed by atoms with Crippen LogP contribution in [-0.4, -0.2) is 39.4 Å². The van der Waals surface area contributed by atoms with Gasteiger partial charge in [0.1, 0.15) is 23.4 Å². The van der Waals surface area contributed by atoms with Gasteiger partial charge in [0.25, 0.3) is 5.91 Å². The first-order valence-electron chi connectivity index (χ1n) is 11.4. The number of nitrogens with zero attached hydrogens (tertiary/aromatic N) is 2. The number of ether oxygens (including phenoxy) is 1. The topological polar surface area (TPSA) is 75.0 Å². The van der Waals surface area contributed by atoms with Gasteiger partial charge in [-0.25, -0.2) is 4.39 Å². The highest BCUT2D eigenvalue weighted by Crippen LogP contribution is 2.26. The van der Waals surface area contributed by atoms with E-state index in [-0.39, 0.29) is 37.1 Å². The van der Waals surface area contributed by atoms with Crippen molar-refractivity contribution in [1.82, 2.24) is 9.80 Å². The van der Waals surface area contributed by atoms with E-state index in [2.05, 4.69) is 5.32 Å². The van der Waals surface area contributed by atoms with E-state index < -0.39 is 6.04 Å². The van der Waals surface area contributed by atoms with Crippen LogP contribution >= 0.6 is 12.2 Å². The number of nitrogens with one attached hydrogen (secondary N) is 1. The largest absolute Gasteiger partial charge is 0.494 e. The summed E-state index contributed by atoms with van der Waals surface area (Å²) in [6, 6.07) is 15.7. The summed E-state index contributed by atoms with van der Waals surface area (Å²) < 4.78 is 24.3. The van der Waals surface area contributed by atoms with E-state index in [4.69, 9.17) is 21.4 Å². The van der Waals surface area contributed by atoms with Gasteiger partial charge < -0.3 is 19.4 Å². The van der Waals surface area contributed by atoms with Gasteiger partial charge in [0.05, 0.1) is 32.4 Å². The third kappa shape index (κ3) is 6.05. The molecule has 1 fully saturated rings. The fourth-order valence-corrected chi connectivity index (χ4v) is 4.15. The summed E-state index contributed by atoms with van der Waals surface area (Å²) in [6.07, 6.45) is 2.36. The van der Waals surface area contributed by atoms with Crippen molar-refractivity contribution >= 4 is 34.8 Å². The van der Waals surface area contributed by atoms with E-state index in [1.54, 1.807) is 59.7 Å². The Kier molecular flexibility index (Phi) is 7.77. The van der Waals surface area contributed by atoms with Gasteiger partial charge in [0.2, 0.25) is 5.91 Å². The van der Waals surface area contributed by atoms with Crippen LogP contribution in [0.3, 0.4) is 0 Å². The van der Waals surface area contributed by atoms with Crippen molar-refractivity contribution in [3.63, 3.8) is 0 Å². The average Bonchev–Trinajstić information content (AvgIpc) is 3.44. The maximum atomic E-state index is 13.4. The van der Waals surface area contributed by atoms with Gasteiger partial charge in [-0.1, -0.05) is 19.1 Å². The van der Waals surface area contributed by atoms with E-state index in [0.717, 1.165) is 17.7 Å². The molecule has 2 amide bonds. The van der Waals surface area contributed by atoms with E-state index in [9.17, 15) is 14.0 Å². The molecule has 1 N–H and O–H groups in total. The predicted octanol–water partition coefficient (Wildman–Crippen LogP) is 4.73.